The molecule has 0 spiro atoms. The van der Waals surface area contributed by atoms with Crippen LogP contribution in [0.15, 0.2) is 58.4 Å². The van der Waals surface area contributed by atoms with E-state index in [-0.39, 0.29) is 11.4 Å². The third kappa shape index (κ3) is 4.07. The molecular formula is C16H14N4O4S. The van der Waals surface area contributed by atoms with Crippen LogP contribution in [0.2, 0.25) is 0 Å². The largest absolute Gasteiger partial charge is 0.455 e. The smallest absolute Gasteiger partial charge is 0.291 e. The molecule has 1 N–H and O–H groups in total. The number of furan rings is 1. The highest BCUT2D eigenvalue weighted by Gasteiger charge is 2.14. The van der Waals surface area contributed by atoms with Crippen LogP contribution in [0.3, 0.4) is 0 Å². The summed E-state index contributed by atoms with van der Waals surface area (Å²) in [6.45, 7) is 0. The molecule has 0 radical (unpaired) electrons. The van der Waals surface area contributed by atoms with Gasteiger partial charge in [0.05, 0.1) is 10.7 Å². The fourth-order valence-electron chi connectivity index (χ4n) is 2.09. The SMILES string of the molecule is Cn1ccnc1SCc1ccc(C(=O)Nc2cccc([N+](=O)[O-])c2)o1. The average molecular weight is 358 g/mol. The molecule has 2 aromatic heterocycles. The van der Waals surface area contributed by atoms with Gasteiger partial charge in [-0.2, -0.15) is 0 Å². The lowest BCUT2D eigenvalue weighted by Crippen LogP contribution is -2.10. The summed E-state index contributed by atoms with van der Waals surface area (Å²) < 4.78 is 7.42. The van der Waals surface area contributed by atoms with Gasteiger partial charge in [0, 0.05) is 37.3 Å². The highest BCUT2D eigenvalue weighted by atomic mass is 32.2. The van der Waals surface area contributed by atoms with Crippen LogP contribution in [-0.4, -0.2) is 20.4 Å². The predicted octanol–water partition coefficient (Wildman–Crippen LogP) is 3.47. The number of nitro benzene ring substituents is 1. The molecule has 0 fully saturated rings. The Morgan fingerprint density at radius 1 is 1.40 bits per heavy atom. The minimum absolute atomic E-state index is 0.0931. The molecule has 2 heterocycles. The summed E-state index contributed by atoms with van der Waals surface area (Å²) in [6, 6.07) is 9.02. The van der Waals surface area contributed by atoms with Crippen molar-refractivity contribution in [1.82, 2.24) is 9.55 Å². The number of hydrogen-bond acceptors (Lipinski definition) is 6. The number of hydrogen-bond donors (Lipinski definition) is 1. The van der Waals surface area contributed by atoms with E-state index in [2.05, 4.69) is 10.3 Å². The number of non-ortho nitro benzene ring substituents is 1. The lowest BCUT2D eigenvalue weighted by molar-refractivity contribution is -0.384. The highest BCUT2D eigenvalue weighted by Crippen LogP contribution is 2.23. The Balaban J connectivity index is 1.63. The Morgan fingerprint density at radius 2 is 2.24 bits per heavy atom. The van der Waals surface area contributed by atoms with E-state index in [1.165, 1.54) is 30.0 Å². The van der Waals surface area contributed by atoms with Crippen molar-refractivity contribution in [2.75, 3.05) is 5.32 Å². The molecular weight excluding hydrogens is 344 g/mol. The molecule has 0 saturated carbocycles. The van der Waals surface area contributed by atoms with Crippen LogP contribution in [0.25, 0.3) is 0 Å². The maximum absolute atomic E-state index is 12.2. The monoisotopic (exact) mass is 358 g/mol. The normalized spacial score (nSPS) is 10.6. The summed E-state index contributed by atoms with van der Waals surface area (Å²) in [4.78, 5) is 26.7. The first kappa shape index (κ1) is 16.8. The summed E-state index contributed by atoms with van der Waals surface area (Å²) >= 11 is 1.49. The van der Waals surface area contributed by atoms with Gasteiger partial charge in [-0.05, 0) is 18.2 Å². The maximum atomic E-state index is 12.2. The fraction of sp³-hybridized carbons (Fsp3) is 0.125. The third-order valence-electron chi connectivity index (χ3n) is 3.32. The Labute approximate surface area is 147 Å². The number of nitrogens with zero attached hydrogens (tertiary/aromatic N) is 3. The second-order valence-electron chi connectivity index (χ2n) is 5.14. The number of thioether (sulfide) groups is 1. The number of imidazole rings is 1. The standard InChI is InChI=1S/C16H14N4O4S/c1-19-8-7-17-16(19)25-10-13-5-6-14(24-13)15(21)18-11-3-2-4-12(9-11)20(22)23/h2-9H,10H2,1H3,(H,18,21). The van der Waals surface area contributed by atoms with Crippen LogP contribution in [-0.2, 0) is 12.8 Å². The number of aryl methyl sites for hydroxylation is 1. The zero-order chi connectivity index (χ0) is 17.8. The number of carbonyl (C=O) groups excluding carboxylic acids is 1. The summed E-state index contributed by atoms with van der Waals surface area (Å²) in [6.07, 6.45) is 3.56. The van der Waals surface area contributed by atoms with Gasteiger partial charge in [-0.25, -0.2) is 4.98 Å². The van der Waals surface area contributed by atoms with Crippen molar-refractivity contribution in [3.63, 3.8) is 0 Å². The molecule has 1 aromatic carbocycles. The van der Waals surface area contributed by atoms with Crippen molar-refractivity contribution in [3.05, 3.63) is 70.4 Å². The van der Waals surface area contributed by atoms with Gasteiger partial charge < -0.3 is 14.3 Å². The molecule has 0 aliphatic heterocycles. The second-order valence-corrected chi connectivity index (χ2v) is 6.08. The summed E-state index contributed by atoms with van der Waals surface area (Å²) in [5, 5.41) is 14.2. The van der Waals surface area contributed by atoms with E-state index in [0.717, 1.165) is 5.16 Å². The lowest BCUT2D eigenvalue weighted by Gasteiger charge is -2.03. The molecule has 1 amide bonds. The van der Waals surface area contributed by atoms with Crippen LogP contribution in [0.5, 0.6) is 0 Å². The Morgan fingerprint density at radius 3 is 2.96 bits per heavy atom. The molecule has 25 heavy (non-hydrogen) atoms. The van der Waals surface area contributed by atoms with Crippen LogP contribution >= 0.6 is 11.8 Å². The number of aromatic nitrogens is 2. The highest BCUT2D eigenvalue weighted by molar-refractivity contribution is 7.98. The lowest BCUT2D eigenvalue weighted by atomic mass is 10.2. The van der Waals surface area contributed by atoms with Crippen LogP contribution in [0.4, 0.5) is 11.4 Å². The van der Waals surface area contributed by atoms with E-state index in [0.29, 0.717) is 17.2 Å². The first-order valence-electron chi connectivity index (χ1n) is 7.27. The van der Waals surface area contributed by atoms with E-state index < -0.39 is 10.8 Å². The number of amides is 1. The van der Waals surface area contributed by atoms with Crippen LogP contribution in [0, 0.1) is 10.1 Å². The number of carbonyl (C=O) groups is 1. The zero-order valence-corrected chi connectivity index (χ0v) is 14.0. The van der Waals surface area contributed by atoms with Gasteiger partial charge in [0.15, 0.2) is 10.9 Å². The first-order chi connectivity index (χ1) is 12.0. The number of nitrogens with one attached hydrogen (secondary N) is 1. The molecule has 9 heteroatoms. The predicted molar refractivity (Wildman–Crippen MR) is 92.5 cm³/mol. The van der Waals surface area contributed by atoms with Crippen molar-refractivity contribution in [2.45, 2.75) is 10.9 Å². The van der Waals surface area contributed by atoms with Gasteiger partial charge in [0.25, 0.3) is 11.6 Å². The quantitative estimate of drug-likeness (QED) is 0.411. The fourth-order valence-corrected chi connectivity index (χ4v) is 2.92. The molecule has 8 nitrogen and oxygen atoms in total. The second kappa shape index (κ2) is 7.22. The van der Waals surface area contributed by atoms with Gasteiger partial charge in [-0.3, -0.25) is 14.9 Å². The number of nitro groups is 1. The molecule has 0 aliphatic rings. The molecule has 3 rings (SSSR count). The molecule has 3 aromatic rings. The zero-order valence-electron chi connectivity index (χ0n) is 13.2. The minimum Gasteiger partial charge on any atom is -0.455 e. The molecule has 128 valence electrons. The van der Waals surface area contributed by atoms with Gasteiger partial charge in [0.2, 0.25) is 0 Å². The van der Waals surface area contributed by atoms with Gasteiger partial charge in [-0.15, -0.1) is 0 Å². The average Bonchev–Trinajstić information content (AvgIpc) is 3.22. The van der Waals surface area contributed by atoms with Crippen molar-refractivity contribution in [2.24, 2.45) is 7.05 Å². The third-order valence-corrected chi connectivity index (χ3v) is 4.40. The first-order valence-corrected chi connectivity index (χ1v) is 8.26. The van der Waals surface area contributed by atoms with E-state index in [9.17, 15) is 14.9 Å². The number of rotatable bonds is 6. The summed E-state index contributed by atoms with van der Waals surface area (Å²) in [7, 11) is 1.90. The molecule has 0 atom stereocenters. The van der Waals surface area contributed by atoms with Crippen LogP contribution in [0.1, 0.15) is 16.3 Å². The maximum Gasteiger partial charge on any atom is 0.291 e. The van der Waals surface area contributed by atoms with Gasteiger partial charge in [-0.1, -0.05) is 17.8 Å². The molecule has 0 aliphatic carbocycles. The van der Waals surface area contributed by atoms with Crippen molar-refractivity contribution >= 4 is 29.0 Å². The summed E-state index contributed by atoms with van der Waals surface area (Å²) in [5.41, 5.74) is 0.240. The Bertz CT molecular complexity index is 918. The van der Waals surface area contributed by atoms with Crippen molar-refractivity contribution in [3.8, 4) is 0 Å². The van der Waals surface area contributed by atoms with Gasteiger partial charge >= 0.3 is 0 Å². The topological polar surface area (TPSA) is 103 Å². The Hall–Kier alpha value is -3.07. The Kier molecular flexibility index (Phi) is 4.85. The molecule has 0 saturated heterocycles. The van der Waals surface area contributed by atoms with Crippen molar-refractivity contribution in [1.29, 1.82) is 0 Å². The molecule has 0 unspecified atom stereocenters. The van der Waals surface area contributed by atoms with Crippen molar-refractivity contribution < 1.29 is 14.1 Å². The van der Waals surface area contributed by atoms with E-state index in [1.54, 1.807) is 24.4 Å². The number of anilines is 1. The number of benzene rings is 1. The summed E-state index contributed by atoms with van der Waals surface area (Å²) in [5.74, 6) is 0.849. The van der Waals surface area contributed by atoms with E-state index in [4.69, 9.17) is 4.42 Å². The van der Waals surface area contributed by atoms with E-state index in [1.807, 2.05) is 17.8 Å². The van der Waals surface area contributed by atoms with E-state index >= 15 is 0 Å². The van der Waals surface area contributed by atoms with Crippen LogP contribution < -0.4 is 5.32 Å². The van der Waals surface area contributed by atoms with Gasteiger partial charge in [0.1, 0.15) is 5.76 Å². The molecule has 0 bridgehead atoms. The minimum atomic E-state index is -0.518.